The summed E-state index contributed by atoms with van der Waals surface area (Å²) in [6.07, 6.45) is 17.7. The van der Waals surface area contributed by atoms with Crippen LogP contribution in [0, 0.1) is 23.7 Å². The van der Waals surface area contributed by atoms with Crippen LogP contribution in [0.25, 0.3) is 0 Å². The Labute approximate surface area is 122 Å². The topological polar surface area (TPSA) is 0 Å². The molecule has 0 aliphatic heterocycles. The van der Waals surface area contributed by atoms with E-state index in [0.717, 1.165) is 23.7 Å². The molecule has 0 bridgehead atoms. The van der Waals surface area contributed by atoms with E-state index in [1.807, 2.05) is 0 Å². The lowest BCUT2D eigenvalue weighted by atomic mass is 9.95. The van der Waals surface area contributed by atoms with Crippen molar-refractivity contribution in [2.75, 3.05) is 0 Å². The molecular weight excluding hydrogens is 228 g/mol. The van der Waals surface area contributed by atoms with Gasteiger partial charge in [0.1, 0.15) is 0 Å². The van der Waals surface area contributed by atoms with Crippen LogP contribution in [0.3, 0.4) is 0 Å². The summed E-state index contributed by atoms with van der Waals surface area (Å²) >= 11 is 0. The predicted octanol–water partition coefficient (Wildman–Crippen LogP) is 6.61. The van der Waals surface area contributed by atoms with Crippen LogP contribution in [0.15, 0.2) is 12.2 Å². The largest absolute Gasteiger partial charge is 0.0882 e. The summed E-state index contributed by atoms with van der Waals surface area (Å²) in [4.78, 5) is 0. The van der Waals surface area contributed by atoms with Crippen molar-refractivity contribution >= 4 is 0 Å². The van der Waals surface area contributed by atoms with Gasteiger partial charge in [0.2, 0.25) is 0 Å². The zero-order chi connectivity index (χ0) is 14.1. The Morgan fingerprint density at radius 3 is 2.42 bits per heavy atom. The fourth-order valence-corrected chi connectivity index (χ4v) is 3.12. The van der Waals surface area contributed by atoms with Crippen LogP contribution >= 0.6 is 0 Å². The minimum Gasteiger partial charge on any atom is -0.0882 e. The zero-order valence-electron chi connectivity index (χ0n) is 13.8. The summed E-state index contributed by atoms with van der Waals surface area (Å²) in [5.41, 5.74) is 0. The van der Waals surface area contributed by atoms with Gasteiger partial charge in [-0.2, -0.15) is 0 Å². The Kier molecular flexibility index (Phi) is 8.50. The number of allylic oxidation sites excluding steroid dienone is 2. The van der Waals surface area contributed by atoms with Crippen LogP contribution in [0.4, 0.5) is 0 Å². The molecule has 0 heteroatoms. The van der Waals surface area contributed by atoms with E-state index in [-0.39, 0.29) is 0 Å². The molecule has 1 rings (SSSR count). The van der Waals surface area contributed by atoms with Crippen molar-refractivity contribution in [3.05, 3.63) is 12.2 Å². The summed E-state index contributed by atoms with van der Waals surface area (Å²) in [7, 11) is 0. The van der Waals surface area contributed by atoms with Gasteiger partial charge in [-0.25, -0.2) is 0 Å². The predicted molar refractivity (Wildman–Crippen MR) is 87.3 cm³/mol. The molecule has 0 amide bonds. The average molecular weight is 264 g/mol. The van der Waals surface area contributed by atoms with E-state index in [4.69, 9.17) is 0 Å². The summed E-state index contributed by atoms with van der Waals surface area (Å²) in [6.45, 7) is 9.32. The second kappa shape index (κ2) is 9.61. The first-order valence-corrected chi connectivity index (χ1v) is 8.83. The van der Waals surface area contributed by atoms with Crippen LogP contribution in [-0.2, 0) is 0 Å². The van der Waals surface area contributed by atoms with E-state index >= 15 is 0 Å². The lowest BCUT2D eigenvalue weighted by molar-refractivity contribution is 0.425. The molecule has 2 unspecified atom stereocenters. The molecule has 0 aromatic rings. The molecule has 0 radical (unpaired) electrons. The molecule has 0 heterocycles. The quantitative estimate of drug-likeness (QED) is 0.291. The Balaban J connectivity index is 1.97. The Morgan fingerprint density at radius 1 is 1.05 bits per heavy atom. The van der Waals surface area contributed by atoms with Crippen molar-refractivity contribution in [3.63, 3.8) is 0 Å². The Morgan fingerprint density at radius 2 is 1.79 bits per heavy atom. The highest BCUT2D eigenvalue weighted by Crippen LogP contribution is 2.43. The third-order valence-corrected chi connectivity index (χ3v) is 4.85. The first-order chi connectivity index (χ1) is 9.17. The summed E-state index contributed by atoms with van der Waals surface area (Å²) in [5, 5.41) is 0. The van der Waals surface area contributed by atoms with Gasteiger partial charge in [0.05, 0.1) is 0 Å². The second-order valence-electron chi connectivity index (χ2n) is 7.03. The number of hydrogen-bond donors (Lipinski definition) is 0. The lowest BCUT2D eigenvalue weighted by Crippen LogP contribution is -1.96. The fraction of sp³-hybridized carbons (Fsp3) is 0.895. The first kappa shape index (κ1) is 16.8. The maximum atomic E-state index is 2.52. The lowest BCUT2D eigenvalue weighted by Gasteiger charge is -2.10. The van der Waals surface area contributed by atoms with Gasteiger partial charge < -0.3 is 0 Å². The maximum absolute atomic E-state index is 2.52. The molecule has 0 nitrogen and oxygen atoms in total. The minimum absolute atomic E-state index is 0.868. The van der Waals surface area contributed by atoms with Crippen molar-refractivity contribution in [2.45, 2.75) is 85.5 Å². The molecule has 0 saturated heterocycles. The molecule has 2 atom stereocenters. The van der Waals surface area contributed by atoms with Crippen molar-refractivity contribution in [3.8, 4) is 0 Å². The summed E-state index contributed by atoms with van der Waals surface area (Å²) in [5.74, 6) is 3.84. The van der Waals surface area contributed by atoms with Crippen molar-refractivity contribution in [1.29, 1.82) is 0 Å². The minimum atomic E-state index is 0.868. The van der Waals surface area contributed by atoms with Gasteiger partial charge >= 0.3 is 0 Å². The number of hydrogen-bond acceptors (Lipinski definition) is 0. The average Bonchev–Trinajstić information content (AvgIpc) is 3.12. The van der Waals surface area contributed by atoms with E-state index in [1.165, 1.54) is 57.8 Å². The molecule has 0 aromatic heterocycles. The molecule has 1 saturated carbocycles. The molecule has 0 spiro atoms. The van der Waals surface area contributed by atoms with Gasteiger partial charge in [-0.15, -0.1) is 0 Å². The molecule has 1 fully saturated rings. The zero-order valence-corrected chi connectivity index (χ0v) is 13.8. The van der Waals surface area contributed by atoms with E-state index in [9.17, 15) is 0 Å². The molecule has 0 N–H and O–H groups in total. The fourth-order valence-electron chi connectivity index (χ4n) is 3.12. The van der Waals surface area contributed by atoms with Crippen LogP contribution < -0.4 is 0 Å². The first-order valence-electron chi connectivity index (χ1n) is 8.83. The molecule has 1 aliphatic rings. The van der Waals surface area contributed by atoms with Gasteiger partial charge in [-0.05, 0) is 49.4 Å². The van der Waals surface area contributed by atoms with Gasteiger partial charge in [0, 0.05) is 0 Å². The third kappa shape index (κ3) is 7.80. The van der Waals surface area contributed by atoms with Crippen LogP contribution in [0.1, 0.15) is 85.5 Å². The summed E-state index contributed by atoms with van der Waals surface area (Å²) < 4.78 is 0. The second-order valence-corrected chi connectivity index (χ2v) is 7.03. The van der Waals surface area contributed by atoms with Gasteiger partial charge in [-0.1, -0.05) is 72.0 Å². The van der Waals surface area contributed by atoms with Crippen LogP contribution in [-0.4, -0.2) is 0 Å². The normalized spacial score (nSPS) is 22.8. The monoisotopic (exact) mass is 264 g/mol. The highest BCUT2D eigenvalue weighted by molar-refractivity contribution is 5.01. The van der Waals surface area contributed by atoms with E-state index in [2.05, 4.69) is 39.8 Å². The third-order valence-electron chi connectivity index (χ3n) is 4.85. The molecule has 0 aromatic carbocycles. The maximum Gasteiger partial charge on any atom is -0.0202 e. The van der Waals surface area contributed by atoms with E-state index in [0.29, 0.717) is 0 Å². The standard InChI is InChI=1S/C19H36/c1-5-17(6-2)12-10-14-19-15-18(19)13-9-7-8-11-16(3)4/h9,13,16-19H,5-8,10-12,14-15H2,1-4H3. The molecular formula is C19H36. The van der Waals surface area contributed by atoms with Gasteiger partial charge in [0.25, 0.3) is 0 Å². The van der Waals surface area contributed by atoms with Crippen LogP contribution in [0.5, 0.6) is 0 Å². The molecule has 19 heavy (non-hydrogen) atoms. The number of unbranched alkanes of at least 4 members (excludes halogenated alkanes) is 1. The van der Waals surface area contributed by atoms with Crippen LogP contribution in [0.2, 0.25) is 0 Å². The highest BCUT2D eigenvalue weighted by Gasteiger charge is 2.33. The van der Waals surface area contributed by atoms with Crippen molar-refractivity contribution in [1.82, 2.24) is 0 Å². The smallest absolute Gasteiger partial charge is 0.0202 e. The van der Waals surface area contributed by atoms with Crippen molar-refractivity contribution < 1.29 is 0 Å². The summed E-state index contributed by atoms with van der Waals surface area (Å²) in [6, 6.07) is 0. The molecule has 1 aliphatic carbocycles. The Bertz CT molecular complexity index is 234. The SMILES string of the molecule is CCC(CC)CCCC1CC1C=CCCCC(C)C. The number of rotatable bonds is 11. The van der Waals surface area contributed by atoms with Gasteiger partial charge in [-0.3, -0.25) is 0 Å². The molecule has 112 valence electrons. The Hall–Kier alpha value is -0.260. The van der Waals surface area contributed by atoms with Gasteiger partial charge in [0.15, 0.2) is 0 Å². The highest BCUT2D eigenvalue weighted by atomic mass is 14.4. The van der Waals surface area contributed by atoms with E-state index in [1.54, 1.807) is 0 Å². The van der Waals surface area contributed by atoms with E-state index < -0.39 is 0 Å². The van der Waals surface area contributed by atoms with Crippen molar-refractivity contribution in [2.24, 2.45) is 23.7 Å².